The van der Waals surface area contributed by atoms with E-state index in [4.69, 9.17) is 31.5 Å². The van der Waals surface area contributed by atoms with Gasteiger partial charge in [0, 0.05) is 44.2 Å². The molecule has 0 amide bonds. The molecule has 0 N–H and O–H groups in total. The van der Waals surface area contributed by atoms with Crippen molar-refractivity contribution < 1.29 is 0 Å². The topological polar surface area (TPSA) is 51.6 Å². The Hall–Kier alpha value is -5.45. The molecule has 2 aromatic heterocycles. The van der Waals surface area contributed by atoms with Gasteiger partial charge in [0.05, 0.1) is 5.52 Å². The molecule has 0 unspecified atom stereocenters. The quantitative estimate of drug-likeness (QED) is 0.197. The second kappa shape index (κ2) is 10.4. The van der Waals surface area contributed by atoms with Crippen molar-refractivity contribution in [2.75, 3.05) is 0 Å². The number of fused-ring (bicyclic) bond motifs is 5. The molecule has 0 aliphatic heterocycles. The summed E-state index contributed by atoms with van der Waals surface area (Å²) in [6, 6.07) is 45.1. The van der Waals surface area contributed by atoms with Crippen LogP contribution in [0.15, 0.2) is 140 Å². The summed E-state index contributed by atoms with van der Waals surface area (Å²) in [6.45, 7) is 0. The van der Waals surface area contributed by atoms with Crippen LogP contribution >= 0.6 is 11.6 Å². The van der Waals surface area contributed by atoms with E-state index in [1.807, 2.05) is 85.1 Å². The van der Waals surface area contributed by atoms with E-state index in [1.165, 1.54) is 0 Å². The van der Waals surface area contributed by atoms with Crippen molar-refractivity contribution >= 4 is 44.0 Å². The summed E-state index contributed by atoms with van der Waals surface area (Å²) in [5, 5.41) is 6.17. The number of hydrogen-bond acceptors (Lipinski definition) is 4. The van der Waals surface area contributed by atoms with E-state index in [0.717, 1.165) is 65.3 Å². The Morgan fingerprint density at radius 3 is 1.63 bits per heavy atom. The predicted octanol–water partition coefficient (Wildman–Crippen LogP) is 10.0. The van der Waals surface area contributed by atoms with Gasteiger partial charge in [-0.3, -0.25) is 4.98 Å². The fourth-order valence-corrected chi connectivity index (χ4v) is 6.04. The molecule has 0 aliphatic rings. The van der Waals surface area contributed by atoms with Crippen molar-refractivity contribution in [3.8, 4) is 45.3 Å². The lowest BCUT2D eigenvalue weighted by Crippen LogP contribution is -2.00. The summed E-state index contributed by atoms with van der Waals surface area (Å²) < 4.78 is 0. The highest BCUT2D eigenvalue weighted by molar-refractivity contribution is 6.38. The van der Waals surface area contributed by atoms with E-state index >= 15 is 0 Å². The highest BCUT2D eigenvalue weighted by atomic mass is 35.5. The molecule has 0 spiro atoms. The van der Waals surface area contributed by atoms with E-state index < -0.39 is 0 Å². The van der Waals surface area contributed by atoms with E-state index in [-0.39, 0.29) is 0 Å². The van der Waals surface area contributed by atoms with Gasteiger partial charge in [-0.25, -0.2) is 15.0 Å². The zero-order valence-corrected chi connectivity index (χ0v) is 23.7. The second-order valence-corrected chi connectivity index (χ2v) is 10.8. The van der Waals surface area contributed by atoms with Crippen LogP contribution in [0.1, 0.15) is 0 Å². The second-order valence-electron chi connectivity index (χ2n) is 10.4. The molecule has 0 saturated heterocycles. The first kappa shape index (κ1) is 25.3. The largest absolute Gasteiger partial charge is 0.256 e. The normalized spacial score (nSPS) is 11.4. The fraction of sp³-hybridized carbons (Fsp3) is 0. The molecule has 202 valence electrons. The van der Waals surface area contributed by atoms with E-state index in [1.54, 1.807) is 0 Å². The number of pyridine rings is 1. The first-order valence-corrected chi connectivity index (χ1v) is 14.5. The van der Waals surface area contributed by atoms with Gasteiger partial charge in [-0.05, 0) is 46.0 Å². The van der Waals surface area contributed by atoms with Crippen molar-refractivity contribution in [1.29, 1.82) is 0 Å². The predicted molar refractivity (Wildman–Crippen MR) is 177 cm³/mol. The van der Waals surface area contributed by atoms with Crippen LogP contribution in [0.2, 0.25) is 5.02 Å². The van der Waals surface area contributed by atoms with Crippen LogP contribution in [0.25, 0.3) is 77.7 Å². The molecule has 0 atom stereocenters. The molecule has 2 heterocycles. The number of nitrogens with zero attached hydrogens (tertiary/aromatic N) is 4. The number of rotatable bonds is 4. The van der Waals surface area contributed by atoms with Crippen LogP contribution in [-0.2, 0) is 0 Å². The highest BCUT2D eigenvalue weighted by Crippen LogP contribution is 2.40. The van der Waals surface area contributed by atoms with Crippen molar-refractivity contribution in [2.24, 2.45) is 0 Å². The van der Waals surface area contributed by atoms with E-state index in [9.17, 15) is 0 Å². The summed E-state index contributed by atoms with van der Waals surface area (Å²) in [7, 11) is 0. The summed E-state index contributed by atoms with van der Waals surface area (Å²) >= 11 is 6.76. The minimum Gasteiger partial charge on any atom is -0.256 e. The van der Waals surface area contributed by atoms with Gasteiger partial charge in [0.1, 0.15) is 0 Å². The van der Waals surface area contributed by atoms with Crippen molar-refractivity contribution in [3.05, 3.63) is 145 Å². The molecule has 0 aliphatic carbocycles. The average molecular weight is 571 g/mol. The maximum absolute atomic E-state index is 6.76. The first-order chi connectivity index (χ1) is 21.2. The lowest BCUT2D eigenvalue weighted by molar-refractivity contribution is 1.07. The Bertz CT molecular complexity index is 2240. The molecule has 4 nitrogen and oxygen atoms in total. The van der Waals surface area contributed by atoms with Gasteiger partial charge >= 0.3 is 0 Å². The smallest absolute Gasteiger partial charge is 0.164 e. The van der Waals surface area contributed by atoms with Crippen LogP contribution in [0.5, 0.6) is 0 Å². The molecule has 8 aromatic rings. The van der Waals surface area contributed by atoms with Crippen LogP contribution in [-0.4, -0.2) is 19.9 Å². The van der Waals surface area contributed by atoms with Crippen LogP contribution in [0.3, 0.4) is 0 Å². The van der Waals surface area contributed by atoms with Crippen LogP contribution < -0.4 is 0 Å². The van der Waals surface area contributed by atoms with Crippen molar-refractivity contribution in [1.82, 2.24) is 19.9 Å². The zero-order valence-electron chi connectivity index (χ0n) is 22.9. The van der Waals surface area contributed by atoms with Crippen LogP contribution in [0.4, 0.5) is 0 Å². The minimum atomic E-state index is 0.616. The van der Waals surface area contributed by atoms with Gasteiger partial charge in [-0.15, -0.1) is 0 Å². The number of aromatic nitrogens is 4. The summed E-state index contributed by atoms with van der Waals surface area (Å²) in [5.74, 6) is 1.89. The van der Waals surface area contributed by atoms with Gasteiger partial charge in [0.15, 0.2) is 17.5 Å². The third kappa shape index (κ3) is 4.49. The third-order valence-corrected chi connectivity index (χ3v) is 8.12. The third-order valence-electron chi connectivity index (χ3n) is 7.81. The van der Waals surface area contributed by atoms with Gasteiger partial charge in [-0.1, -0.05) is 121 Å². The molecule has 5 heteroatoms. The molecule has 0 radical (unpaired) electrons. The van der Waals surface area contributed by atoms with Gasteiger partial charge in [-0.2, -0.15) is 0 Å². The lowest BCUT2D eigenvalue weighted by Gasteiger charge is -2.14. The molecular formula is C38H23ClN4. The molecule has 43 heavy (non-hydrogen) atoms. The maximum atomic E-state index is 6.76. The zero-order chi connectivity index (χ0) is 28.8. The summed E-state index contributed by atoms with van der Waals surface area (Å²) in [4.78, 5) is 19.6. The number of halogens is 1. The van der Waals surface area contributed by atoms with Crippen LogP contribution in [0, 0.1) is 0 Å². The first-order valence-electron chi connectivity index (χ1n) is 14.1. The summed E-state index contributed by atoms with van der Waals surface area (Å²) in [5.41, 5.74) is 5.77. The number of benzene rings is 6. The monoisotopic (exact) mass is 570 g/mol. The van der Waals surface area contributed by atoms with Gasteiger partial charge < -0.3 is 0 Å². The summed E-state index contributed by atoms with van der Waals surface area (Å²) in [6.07, 6.45) is 1.84. The average Bonchev–Trinajstić information content (AvgIpc) is 3.09. The Morgan fingerprint density at radius 1 is 0.395 bits per heavy atom. The number of hydrogen-bond donors (Lipinski definition) is 0. The van der Waals surface area contributed by atoms with Gasteiger partial charge in [0.2, 0.25) is 0 Å². The molecule has 0 fully saturated rings. The Balaban J connectivity index is 1.35. The standard InChI is InChI=1S/C38H23ClN4/c39-34-23-33-30-19-10-20-40-35(30)31(22-32(33)28-17-7-8-18-29(28)34)26-15-9-16-27(21-26)38-42-36(24-11-3-1-4-12-24)41-37(43-38)25-13-5-2-6-14-25/h1-23H. The Labute approximate surface area is 253 Å². The molecule has 0 saturated carbocycles. The minimum absolute atomic E-state index is 0.616. The van der Waals surface area contributed by atoms with Crippen molar-refractivity contribution in [2.45, 2.75) is 0 Å². The molecular weight excluding hydrogens is 548 g/mol. The van der Waals surface area contributed by atoms with Crippen molar-refractivity contribution in [3.63, 3.8) is 0 Å². The van der Waals surface area contributed by atoms with Gasteiger partial charge in [0.25, 0.3) is 0 Å². The Kier molecular flexibility index (Phi) is 6.13. The highest BCUT2D eigenvalue weighted by Gasteiger charge is 2.16. The fourth-order valence-electron chi connectivity index (χ4n) is 5.77. The van der Waals surface area contributed by atoms with E-state index in [2.05, 4.69) is 54.6 Å². The SMILES string of the molecule is Clc1cc2c3cccnc3c(-c3cccc(-c4nc(-c5ccccc5)nc(-c5ccccc5)n4)c3)cc2c2ccccc12. The lowest BCUT2D eigenvalue weighted by atomic mass is 9.92. The molecule has 8 rings (SSSR count). The molecule has 6 aromatic carbocycles. The maximum Gasteiger partial charge on any atom is 0.164 e. The molecule has 0 bridgehead atoms. The Morgan fingerprint density at radius 2 is 0.930 bits per heavy atom. The van der Waals surface area contributed by atoms with E-state index in [0.29, 0.717) is 17.5 Å².